The zero-order chi connectivity index (χ0) is 14.0. The lowest BCUT2D eigenvalue weighted by molar-refractivity contribution is 0.0550. The van der Waals surface area contributed by atoms with Gasteiger partial charge in [0.15, 0.2) is 0 Å². The number of hydrogen-bond donors (Lipinski definition) is 2. The summed E-state index contributed by atoms with van der Waals surface area (Å²) in [7, 11) is 6.14. The third-order valence-electron chi connectivity index (χ3n) is 4.04. The summed E-state index contributed by atoms with van der Waals surface area (Å²) in [5.41, 5.74) is 1.30. The first-order valence-corrected chi connectivity index (χ1v) is 7.71. The van der Waals surface area contributed by atoms with E-state index < -0.39 is 0 Å². The Bertz CT molecular complexity index is 355. The highest BCUT2D eigenvalue weighted by molar-refractivity contribution is 9.09. The molecule has 2 aliphatic rings. The fourth-order valence-electron chi connectivity index (χ4n) is 2.35. The van der Waals surface area contributed by atoms with Crippen LogP contribution in [-0.4, -0.2) is 60.1 Å². The minimum absolute atomic E-state index is 0.00733. The molecule has 2 rings (SSSR count). The van der Waals surface area contributed by atoms with Crippen molar-refractivity contribution < 1.29 is 0 Å². The van der Waals surface area contributed by atoms with Crippen LogP contribution in [0.1, 0.15) is 19.3 Å². The van der Waals surface area contributed by atoms with Crippen molar-refractivity contribution >= 4 is 22.3 Å². The molecule has 2 atom stereocenters. The molecular formula is C13H24BrN5. The van der Waals surface area contributed by atoms with Gasteiger partial charge in [-0.1, -0.05) is 12.8 Å². The molecule has 5 nitrogen and oxygen atoms in total. The van der Waals surface area contributed by atoms with Crippen LogP contribution in [0.5, 0.6) is 0 Å². The Kier molecular flexibility index (Phi) is 4.86. The van der Waals surface area contributed by atoms with Gasteiger partial charge in [-0.15, -0.1) is 0 Å². The summed E-state index contributed by atoms with van der Waals surface area (Å²) in [5.74, 6) is 0.942. The maximum Gasteiger partial charge on any atom is 0.138 e. The van der Waals surface area contributed by atoms with E-state index in [2.05, 4.69) is 51.4 Å². The average molecular weight is 330 g/mol. The van der Waals surface area contributed by atoms with Crippen LogP contribution in [-0.2, 0) is 0 Å². The van der Waals surface area contributed by atoms with Crippen molar-refractivity contribution in [1.29, 1.82) is 5.41 Å². The molecule has 0 spiro atoms. The minimum Gasteiger partial charge on any atom is -0.341 e. The predicted octanol–water partition coefficient (Wildman–Crippen LogP) is 1.64. The Hall–Kier alpha value is -0.590. The standard InChI is InChI=1S/C13H24BrN5/c1-17(9-15)13(14)16-8-12-7-11(6-10-4-5-10)18(2)19(12)3/h7,9-11,13,15-16H,4-6,8H2,1-3H3. The van der Waals surface area contributed by atoms with Crippen LogP contribution in [0, 0.1) is 11.3 Å². The molecule has 0 amide bonds. The predicted molar refractivity (Wildman–Crippen MR) is 82.0 cm³/mol. The van der Waals surface area contributed by atoms with E-state index in [0.29, 0.717) is 6.04 Å². The second-order valence-corrected chi connectivity index (χ2v) is 6.38. The molecule has 1 saturated carbocycles. The van der Waals surface area contributed by atoms with Crippen molar-refractivity contribution in [1.82, 2.24) is 20.2 Å². The molecule has 6 heteroatoms. The van der Waals surface area contributed by atoms with E-state index in [9.17, 15) is 0 Å². The number of alkyl halides is 1. The Morgan fingerprint density at radius 2 is 2.26 bits per heavy atom. The molecule has 0 aromatic rings. The highest BCUT2D eigenvalue weighted by Gasteiger charge is 2.32. The van der Waals surface area contributed by atoms with Gasteiger partial charge >= 0.3 is 0 Å². The number of hydrogen-bond acceptors (Lipinski definition) is 4. The van der Waals surface area contributed by atoms with Crippen molar-refractivity contribution in [2.45, 2.75) is 30.4 Å². The molecule has 1 aliphatic carbocycles. The van der Waals surface area contributed by atoms with E-state index in [0.717, 1.165) is 12.5 Å². The molecule has 0 aromatic heterocycles. The van der Waals surface area contributed by atoms with E-state index >= 15 is 0 Å². The van der Waals surface area contributed by atoms with Gasteiger partial charge in [-0.25, -0.2) is 5.01 Å². The van der Waals surface area contributed by atoms with Gasteiger partial charge in [0.25, 0.3) is 0 Å². The van der Waals surface area contributed by atoms with Gasteiger partial charge in [-0.2, -0.15) is 0 Å². The summed E-state index contributed by atoms with van der Waals surface area (Å²) in [6, 6.07) is 0.545. The van der Waals surface area contributed by atoms with Gasteiger partial charge in [0.2, 0.25) is 0 Å². The molecule has 1 heterocycles. The fraction of sp³-hybridized carbons (Fsp3) is 0.769. The zero-order valence-electron chi connectivity index (χ0n) is 11.9. The number of halogens is 1. The molecule has 19 heavy (non-hydrogen) atoms. The zero-order valence-corrected chi connectivity index (χ0v) is 13.5. The summed E-state index contributed by atoms with van der Waals surface area (Å²) < 4.78 is 0. The van der Waals surface area contributed by atoms with E-state index in [1.807, 2.05) is 7.05 Å². The van der Waals surface area contributed by atoms with Crippen LogP contribution < -0.4 is 5.32 Å². The first-order valence-electron chi connectivity index (χ1n) is 6.80. The summed E-state index contributed by atoms with van der Waals surface area (Å²) in [4.78, 5) is 1.78. The van der Waals surface area contributed by atoms with Crippen LogP contribution in [0.25, 0.3) is 0 Å². The summed E-state index contributed by atoms with van der Waals surface area (Å²) in [5, 5.41) is 15.1. The molecular weight excluding hydrogens is 306 g/mol. The Morgan fingerprint density at radius 1 is 1.58 bits per heavy atom. The van der Waals surface area contributed by atoms with Crippen LogP contribution in [0.2, 0.25) is 0 Å². The quantitative estimate of drug-likeness (QED) is 0.245. The van der Waals surface area contributed by atoms with Crippen molar-refractivity contribution in [3.63, 3.8) is 0 Å². The topological polar surface area (TPSA) is 45.6 Å². The van der Waals surface area contributed by atoms with Crippen LogP contribution in [0.15, 0.2) is 11.8 Å². The number of rotatable bonds is 7. The first kappa shape index (κ1) is 14.8. The molecule has 1 aliphatic heterocycles. The van der Waals surface area contributed by atoms with Crippen LogP contribution in [0.3, 0.4) is 0 Å². The lowest BCUT2D eigenvalue weighted by Gasteiger charge is -2.30. The SMILES string of the molecule is CN(C=N)C(Br)NCC1=CC(CC2CC2)N(C)N1C. The number of nitrogens with one attached hydrogen (secondary N) is 2. The Morgan fingerprint density at radius 3 is 2.84 bits per heavy atom. The molecule has 0 radical (unpaired) electrons. The van der Waals surface area contributed by atoms with Crippen LogP contribution in [0.4, 0.5) is 0 Å². The summed E-state index contributed by atoms with van der Waals surface area (Å²) in [6.45, 7) is 0.802. The smallest absolute Gasteiger partial charge is 0.138 e. The highest BCUT2D eigenvalue weighted by atomic mass is 79.9. The molecule has 2 unspecified atom stereocenters. The Balaban J connectivity index is 1.86. The summed E-state index contributed by atoms with van der Waals surface area (Å²) in [6.07, 6.45) is 7.77. The van der Waals surface area contributed by atoms with E-state index in [4.69, 9.17) is 5.41 Å². The van der Waals surface area contributed by atoms with Crippen molar-refractivity contribution in [2.75, 3.05) is 27.7 Å². The molecule has 108 valence electrons. The number of hydrazine groups is 1. The van der Waals surface area contributed by atoms with E-state index in [1.165, 1.54) is 31.3 Å². The maximum atomic E-state index is 7.21. The highest BCUT2D eigenvalue weighted by Crippen LogP contribution is 2.36. The molecule has 0 bridgehead atoms. The molecule has 0 aromatic carbocycles. The third kappa shape index (κ3) is 3.70. The lowest BCUT2D eigenvalue weighted by atomic mass is 10.1. The minimum atomic E-state index is -0.00733. The average Bonchev–Trinajstić information content (AvgIpc) is 3.18. The van der Waals surface area contributed by atoms with Gasteiger partial charge in [0.1, 0.15) is 5.08 Å². The van der Waals surface area contributed by atoms with E-state index in [1.54, 1.807) is 4.90 Å². The Labute approximate surface area is 124 Å². The second kappa shape index (κ2) is 6.24. The monoisotopic (exact) mass is 329 g/mol. The van der Waals surface area contributed by atoms with Gasteiger partial charge in [0, 0.05) is 39.4 Å². The second-order valence-electron chi connectivity index (χ2n) is 5.51. The van der Waals surface area contributed by atoms with E-state index in [-0.39, 0.29) is 5.08 Å². The van der Waals surface area contributed by atoms with Crippen LogP contribution >= 0.6 is 15.9 Å². The van der Waals surface area contributed by atoms with Crippen molar-refractivity contribution in [3.8, 4) is 0 Å². The molecule has 0 saturated heterocycles. The van der Waals surface area contributed by atoms with Crippen molar-refractivity contribution in [3.05, 3.63) is 11.8 Å². The number of likely N-dealkylation sites (N-methyl/N-ethyl adjacent to an activating group) is 2. The number of nitrogens with zero attached hydrogens (tertiary/aromatic N) is 3. The van der Waals surface area contributed by atoms with Crippen molar-refractivity contribution in [2.24, 2.45) is 5.92 Å². The third-order valence-corrected chi connectivity index (χ3v) is 5.01. The van der Waals surface area contributed by atoms with Gasteiger partial charge in [-0.3, -0.25) is 10.7 Å². The summed E-state index contributed by atoms with van der Waals surface area (Å²) >= 11 is 3.52. The molecule has 1 fully saturated rings. The normalized spacial score (nSPS) is 25.4. The maximum absolute atomic E-state index is 7.21. The van der Waals surface area contributed by atoms with Gasteiger partial charge in [0.05, 0.1) is 6.34 Å². The largest absolute Gasteiger partial charge is 0.341 e. The van der Waals surface area contributed by atoms with Gasteiger partial charge < -0.3 is 9.91 Å². The fourth-order valence-corrected chi connectivity index (χ4v) is 2.63. The molecule has 2 N–H and O–H groups in total. The van der Waals surface area contributed by atoms with Gasteiger partial charge in [-0.05, 0) is 34.3 Å². The lowest BCUT2D eigenvalue weighted by Crippen LogP contribution is -2.42. The first-order chi connectivity index (χ1) is 9.02.